The minimum atomic E-state index is -1.20. The first-order valence-corrected chi connectivity index (χ1v) is 16.0. The highest BCUT2D eigenvalue weighted by Gasteiger charge is 2.44. The monoisotopic (exact) mass is 639 g/mol. The van der Waals surface area contributed by atoms with Crippen LogP contribution in [0, 0.1) is 12.8 Å². The van der Waals surface area contributed by atoms with Gasteiger partial charge in [0.2, 0.25) is 11.7 Å². The smallest absolute Gasteiger partial charge is 0.417 e. The third kappa shape index (κ3) is 9.04. The van der Waals surface area contributed by atoms with Crippen LogP contribution in [0.3, 0.4) is 0 Å². The molecule has 9 nitrogen and oxygen atoms in total. The molecule has 0 aliphatic carbocycles. The van der Waals surface area contributed by atoms with Gasteiger partial charge >= 0.3 is 6.09 Å². The number of furan rings is 1. The van der Waals surface area contributed by atoms with Gasteiger partial charge in [-0.15, -0.1) is 0 Å². The van der Waals surface area contributed by atoms with Crippen molar-refractivity contribution in [1.82, 2.24) is 4.90 Å². The normalized spacial score (nSPS) is 15.1. The van der Waals surface area contributed by atoms with E-state index in [4.69, 9.17) is 23.7 Å². The van der Waals surface area contributed by atoms with E-state index in [9.17, 15) is 14.4 Å². The van der Waals surface area contributed by atoms with Crippen LogP contribution in [0.4, 0.5) is 4.79 Å². The molecule has 0 bridgehead atoms. The molecule has 246 valence electrons. The van der Waals surface area contributed by atoms with Gasteiger partial charge in [0, 0.05) is 18.6 Å². The zero-order valence-electron chi connectivity index (χ0n) is 26.6. The predicted octanol–water partition coefficient (Wildman–Crippen LogP) is 5.84. The van der Waals surface area contributed by atoms with Gasteiger partial charge in [-0.2, -0.15) is 0 Å². The zero-order valence-corrected chi connectivity index (χ0v) is 26.6. The largest absolute Gasteiger partial charge is 0.457 e. The van der Waals surface area contributed by atoms with Crippen molar-refractivity contribution in [2.24, 2.45) is 5.92 Å². The molecule has 0 saturated carbocycles. The summed E-state index contributed by atoms with van der Waals surface area (Å²) in [7, 11) is 0. The van der Waals surface area contributed by atoms with E-state index in [1.54, 1.807) is 6.07 Å². The molecule has 1 saturated heterocycles. The molecule has 47 heavy (non-hydrogen) atoms. The highest BCUT2D eigenvalue weighted by Crippen LogP contribution is 2.32. The molecular formula is C38H41NO8. The summed E-state index contributed by atoms with van der Waals surface area (Å²) in [6.07, 6.45) is 0.908. The predicted molar refractivity (Wildman–Crippen MR) is 176 cm³/mol. The van der Waals surface area contributed by atoms with Crippen molar-refractivity contribution in [2.75, 3.05) is 39.6 Å². The molecule has 2 amide bonds. The lowest BCUT2D eigenvalue weighted by Gasteiger charge is -2.24. The molecule has 1 N–H and O–H groups in total. The number of aliphatic hydroxyl groups is 1. The van der Waals surface area contributed by atoms with E-state index < -0.39 is 29.7 Å². The third-order valence-corrected chi connectivity index (χ3v) is 8.09. The first-order valence-electron chi connectivity index (χ1n) is 16.0. The lowest BCUT2D eigenvalue weighted by Crippen LogP contribution is -2.46. The van der Waals surface area contributed by atoms with Crippen molar-refractivity contribution in [3.63, 3.8) is 0 Å². The van der Waals surface area contributed by atoms with Crippen LogP contribution in [0.5, 0.6) is 0 Å². The number of nitrogens with zero attached hydrogens (tertiary/aromatic N) is 1. The number of benzene rings is 3. The summed E-state index contributed by atoms with van der Waals surface area (Å²) in [5.41, 5.74) is 4.48. The lowest BCUT2D eigenvalue weighted by atomic mass is 9.91. The number of cyclic esters (lactones) is 1. The van der Waals surface area contributed by atoms with Gasteiger partial charge in [-0.25, -0.2) is 9.69 Å². The molecule has 2 unspecified atom stereocenters. The molecule has 0 radical (unpaired) electrons. The summed E-state index contributed by atoms with van der Waals surface area (Å²) in [5, 5.41) is 8.84. The van der Waals surface area contributed by atoms with Crippen LogP contribution in [-0.4, -0.2) is 73.5 Å². The second kappa shape index (κ2) is 16.8. The summed E-state index contributed by atoms with van der Waals surface area (Å²) >= 11 is 0. The topological polar surface area (TPSA) is 116 Å². The first-order chi connectivity index (χ1) is 22.9. The van der Waals surface area contributed by atoms with Crippen molar-refractivity contribution >= 4 is 17.8 Å². The third-order valence-electron chi connectivity index (χ3n) is 8.09. The Morgan fingerprint density at radius 2 is 1.60 bits per heavy atom. The molecule has 1 aromatic heterocycles. The Kier molecular flexibility index (Phi) is 12.1. The van der Waals surface area contributed by atoms with Crippen LogP contribution in [0.15, 0.2) is 95.4 Å². The number of hydrogen-bond acceptors (Lipinski definition) is 8. The number of aliphatic hydroxyl groups excluding tert-OH is 1. The quantitative estimate of drug-likeness (QED) is 0.0870. The molecule has 1 aliphatic rings. The van der Waals surface area contributed by atoms with Gasteiger partial charge in [-0.3, -0.25) is 9.59 Å². The Labute approximate surface area is 275 Å². The van der Waals surface area contributed by atoms with Crippen LogP contribution < -0.4 is 0 Å². The summed E-state index contributed by atoms with van der Waals surface area (Å²) < 4.78 is 22.5. The minimum absolute atomic E-state index is 0.0323. The Morgan fingerprint density at radius 1 is 0.894 bits per heavy atom. The molecule has 3 aromatic carbocycles. The zero-order chi connectivity index (χ0) is 33.0. The number of ketones is 1. The molecule has 4 aromatic rings. The van der Waals surface area contributed by atoms with Gasteiger partial charge in [0.25, 0.3) is 0 Å². The van der Waals surface area contributed by atoms with Crippen molar-refractivity contribution in [3.05, 3.63) is 119 Å². The minimum Gasteiger partial charge on any atom is -0.457 e. The molecule has 1 aliphatic heterocycles. The molecule has 1 fully saturated rings. The molecule has 9 heteroatoms. The molecular weight excluding hydrogens is 598 g/mol. The van der Waals surface area contributed by atoms with E-state index >= 15 is 0 Å². The molecule has 0 spiro atoms. The van der Waals surface area contributed by atoms with E-state index in [2.05, 4.69) is 0 Å². The van der Waals surface area contributed by atoms with E-state index in [0.29, 0.717) is 44.8 Å². The van der Waals surface area contributed by atoms with Crippen LogP contribution in [0.2, 0.25) is 0 Å². The summed E-state index contributed by atoms with van der Waals surface area (Å²) in [4.78, 5) is 42.7. The maximum absolute atomic E-state index is 14.3. The van der Waals surface area contributed by atoms with Gasteiger partial charge in [0.15, 0.2) is 5.76 Å². The van der Waals surface area contributed by atoms with E-state index in [-0.39, 0.29) is 32.0 Å². The van der Waals surface area contributed by atoms with E-state index in [1.165, 1.54) is 0 Å². The fraction of sp³-hybridized carbons (Fsp3) is 0.342. The molecule has 5 rings (SSSR count). The standard InChI is InChI=1S/C38H41NO8/c1-27-10-8-15-30(22-27)32-25-35(47-34(32)16-9-18-44-20-21-45-19-17-40)36(41)33(24-29-13-6-3-7-14-29)37(42)39-31(26-46-38(39)43)23-28-11-4-2-5-12-28/h2-8,10-15,22,25,31,33,40H,9,16-21,23-24,26H2,1H3. The van der Waals surface area contributed by atoms with Crippen molar-refractivity contribution in [2.45, 2.75) is 38.6 Å². The van der Waals surface area contributed by atoms with Gasteiger partial charge in [0.05, 0.1) is 32.5 Å². The van der Waals surface area contributed by atoms with E-state index in [0.717, 1.165) is 32.7 Å². The fourth-order valence-electron chi connectivity index (χ4n) is 5.76. The molecule has 2 atom stereocenters. The Bertz CT molecular complexity index is 1620. The van der Waals surface area contributed by atoms with Gasteiger partial charge in [0.1, 0.15) is 18.3 Å². The average Bonchev–Trinajstić information content (AvgIpc) is 3.68. The number of amides is 2. The maximum atomic E-state index is 14.3. The van der Waals surface area contributed by atoms with Crippen LogP contribution in [0.25, 0.3) is 11.1 Å². The summed E-state index contributed by atoms with van der Waals surface area (Å²) in [6, 6.07) is 28.0. The van der Waals surface area contributed by atoms with Crippen molar-refractivity contribution < 1.29 is 38.1 Å². The number of aryl methyl sites for hydroxylation is 2. The number of Topliss-reactive ketones (excluding diaryl/α,β-unsaturated/α-hetero) is 1. The number of hydrogen-bond donors (Lipinski definition) is 1. The second-order valence-corrected chi connectivity index (χ2v) is 11.6. The summed E-state index contributed by atoms with van der Waals surface area (Å²) in [5.74, 6) is -1.61. The Morgan fingerprint density at radius 3 is 2.30 bits per heavy atom. The average molecular weight is 640 g/mol. The Hall–Kier alpha value is -4.57. The SMILES string of the molecule is Cc1cccc(-c2cc(C(=O)C(Cc3ccccc3)C(=O)N3C(=O)OCC3Cc3ccccc3)oc2CCCOCCOCCO)c1. The number of rotatable bonds is 17. The Balaban J connectivity index is 1.41. The molecule has 2 heterocycles. The van der Waals surface area contributed by atoms with E-state index in [1.807, 2.05) is 91.9 Å². The van der Waals surface area contributed by atoms with Crippen molar-refractivity contribution in [1.29, 1.82) is 0 Å². The van der Waals surface area contributed by atoms with Gasteiger partial charge < -0.3 is 23.7 Å². The maximum Gasteiger partial charge on any atom is 0.417 e. The van der Waals surface area contributed by atoms with Crippen molar-refractivity contribution in [3.8, 4) is 11.1 Å². The number of carbonyl (C=O) groups is 3. The fourth-order valence-corrected chi connectivity index (χ4v) is 5.76. The first kappa shape index (κ1) is 33.8. The summed E-state index contributed by atoms with van der Waals surface area (Å²) in [6.45, 7) is 3.54. The highest BCUT2D eigenvalue weighted by atomic mass is 16.6. The van der Waals surface area contributed by atoms with Crippen LogP contribution in [0.1, 0.15) is 39.4 Å². The van der Waals surface area contributed by atoms with Crippen LogP contribution in [-0.2, 0) is 38.3 Å². The van der Waals surface area contributed by atoms with Crippen LogP contribution >= 0.6 is 0 Å². The number of imide groups is 1. The number of ether oxygens (including phenoxy) is 3. The highest BCUT2D eigenvalue weighted by molar-refractivity contribution is 6.12. The van der Waals surface area contributed by atoms with Gasteiger partial charge in [-0.1, -0.05) is 90.5 Å². The lowest BCUT2D eigenvalue weighted by molar-refractivity contribution is -0.131. The number of carbonyl (C=O) groups excluding carboxylic acids is 3. The second-order valence-electron chi connectivity index (χ2n) is 11.6. The van der Waals surface area contributed by atoms with Gasteiger partial charge in [-0.05, 0) is 48.9 Å².